The molecule has 0 spiro atoms. The molecule has 4 heteroatoms. The molecule has 2 N–H and O–H groups in total. The van der Waals surface area contributed by atoms with Crippen LogP contribution in [0.25, 0.3) is 0 Å². The Bertz CT molecular complexity index is 364. The lowest BCUT2D eigenvalue weighted by molar-refractivity contribution is 0.0879. The first kappa shape index (κ1) is 12.9. The molecule has 0 saturated heterocycles. The van der Waals surface area contributed by atoms with Gasteiger partial charge in [0.05, 0.1) is 0 Å². The summed E-state index contributed by atoms with van der Waals surface area (Å²) in [6.07, 6.45) is 0.587. The first-order valence-corrected chi connectivity index (χ1v) is 5.20. The summed E-state index contributed by atoms with van der Waals surface area (Å²) < 4.78 is 31.5. The van der Waals surface area contributed by atoms with E-state index in [-0.39, 0.29) is 11.8 Å². The van der Waals surface area contributed by atoms with Crippen molar-refractivity contribution < 1.29 is 13.5 Å². The van der Waals surface area contributed by atoms with Gasteiger partial charge in [-0.25, -0.2) is 8.78 Å². The number of halogens is 2. The maximum atomic E-state index is 13.3. The molecule has 0 fully saturated rings. The van der Waals surface area contributed by atoms with Gasteiger partial charge in [0.2, 0.25) is 0 Å². The van der Waals surface area contributed by atoms with E-state index >= 15 is 0 Å². The fourth-order valence-corrected chi connectivity index (χ4v) is 1.67. The molecule has 16 heavy (non-hydrogen) atoms. The van der Waals surface area contributed by atoms with Gasteiger partial charge in [0.15, 0.2) is 11.6 Å². The van der Waals surface area contributed by atoms with Crippen molar-refractivity contribution in [2.75, 3.05) is 0 Å². The van der Waals surface area contributed by atoms with Crippen LogP contribution in [0.2, 0.25) is 0 Å². The summed E-state index contributed by atoms with van der Waals surface area (Å²) in [5.41, 5.74) is 5.08. The molecule has 1 aromatic rings. The Balaban J connectivity index is 2.79. The zero-order valence-corrected chi connectivity index (χ0v) is 9.76. The van der Waals surface area contributed by atoms with E-state index in [9.17, 15) is 8.78 Å². The van der Waals surface area contributed by atoms with Gasteiger partial charge in [-0.3, -0.25) is 0 Å². The molecule has 0 aliphatic heterocycles. The highest BCUT2D eigenvalue weighted by atomic mass is 19.1. The van der Waals surface area contributed by atoms with Crippen LogP contribution < -0.4 is 10.5 Å². The molecule has 1 rings (SSSR count). The van der Waals surface area contributed by atoms with Crippen LogP contribution in [0.1, 0.15) is 27.2 Å². The molecule has 0 amide bonds. The van der Waals surface area contributed by atoms with Crippen molar-refractivity contribution in [1.29, 1.82) is 0 Å². The first-order chi connectivity index (χ1) is 7.30. The topological polar surface area (TPSA) is 35.2 Å². The van der Waals surface area contributed by atoms with Gasteiger partial charge in [-0.1, -0.05) is 0 Å². The zero-order chi connectivity index (χ0) is 12.3. The van der Waals surface area contributed by atoms with Gasteiger partial charge in [-0.15, -0.1) is 0 Å². The third-order valence-electron chi connectivity index (χ3n) is 2.09. The van der Waals surface area contributed by atoms with E-state index in [1.807, 2.05) is 20.8 Å². The van der Waals surface area contributed by atoms with Crippen LogP contribution >= 0.6 is 0 Å². The normalized spacial score (nSPS) is 13.6. The molecular formula is C12H17F2NO. The second-order valence-corrected chi connectivity index (χ2v) is 4.62. The largest absolute Gasteiger partial charge is 0.485 e. The van der Waals surface area contributed by atoms with E-state index in [1.54, 1.807) is 0 Å². The average molecular weight is 229 g/mol. The average Bonchev–Trinajstić information content (AvgIpc) is 2.07. The highest BCUT2D eigenvalue weighted by molar-refractivity contribution is 5.25. The van der Waals surface area contributed by atoms with Crippen LogP contribution in [0, 0.1) is 11.6 Å². The molecule has 1 unspecified atom stereocenters. The first-order valence-electron chi connectivity index (χ1n) is 5.20. The van der Waals surface area contributed by atoms with Crippen molar-refractivity contribution in [1.82, 2.24) is 0 Å². The third kappa shape index (κ3) is 3.77. The molecule has 0 aliphatic carbocycles. The monoisotopic (exact) mass is 229 g/mol. The fraction of sp³-hybridized carbons (Fsp3) is 0.500. The summed E-state index contributed by atoms with van der Waals surface area (Å²) in [6.45, 7) is 5.49. The van der Waals surface area contributed by atoms with Crippen LogP contribution in [0.15, 0.2) is 18.2 Å². The van der Waals surface area contributed by atoms with Gasteiger partial charge in [0.25, 0.3) is 0 Å². The number of ether oxygens (including phenoxy) is 1. The lowest BCUT2D eigenvalue weighted by Gasteiger charge is -2.28. The SMILES string of the molecule is CC(N)CC(C)(C)Oc1ccc(F)cc1F. The Labute approximate surface area is 94.4 Å². The quantitative estimate of drug-likeness (QED) is 0.861. The molecule has 1 aromatic carbocycles. The maximum Gasteiger partial charge on any atom is 0.168 e. The molecule has 0 aromatic heterocycles. The molecule has 0 aliphatic rings. The van der Waals surface area contributed by atoms with Crippen molar-refractivity contribution in [2.24, 2.45) is 5.73 Å². The van der Waals surface area contributed by atoms with Crippen LogP contribution in [0.4, 0.5) is 8.78 Å². The Kier molecular flexibility index (Phi) is 3.86. The minimum absolute atomic E-state index is 0.0430. The number of nitrogens with two attached hydrogens (primary N) is 1. The Morgan fingerprint density at radius 3 is 2.50 bits per heavy atom. The van der Waals surface area contributed by atoms with Crippen LogP contribution in [0.3, 0.4) is 0 Å². The maximum absolute atomic E-state index is 13.3. The predicted molar refractivity (Wildman–Crippen MR) is 59.3 cm³/mol. The lowest BCUT2D eigenvalue weighted by Crippen LogP contribution is -2.35. The molecular weight excluding hydrogens is 212 g/mol. The smallest absolute Gasteiger partial charge is 0.168 e. The second kappa shape index (κ2) is 4.78. The van der Waals surface area contributed by atoms with Crippen LogP contribution in [-0.4, -0.2) is 11.6 Å². The highest BCUT2D eigenvalue weighted by Crippen LogP contribution is 2.25. The molecule has 0 saturated carbocycles. The standard InChI is InChI=1S/C12H17F2NO/c1-8(15)7-12(2,3)16-11-5-4-9(13)6-10(11)14/h4-6,8H,7,15H2,1-3H3. The Hall–Kier alpha value is -1.16. The lowest BCUT2D eigenvalue weighted by atomic mass is 10.0. The Morgan fingerprint density at radius 1 is 1.38 bits per heavy atom. The number of benzene rings is 1. The van der Waals surface area contributed by atoms with Crippen molar-refractivity contribution >= 4 is 0 Å². The summed E-state index contributed by atoms with van der Waals surface area (Å²) in [4.78, 5) is 0. The molecule has 0 bridgehead atoms. The minimum atomic E-state index is -0.697. The summed E-state index contributed by atoms with van der Waals surface area (Å²) >= 11 is 0. The van der Waals surface area contributed by atoms with Crippen molar-refractivity contribution in [3.63, 3.8) is 0 Å². The fourth-order valence-electron chi connectivity index (χ4n) is 1.67. The summed E-state index contributed by atoms with van der Waals surface area (Å²) in [5.74, 6) is -1.26. The van der Waals surface area contributed by atoms with E-state index in [0.29, 0.717) is 6.42 Å². The van der Waals surface area contributed by atoms with E-state index < -0.39 is 17.2 Å². The molecule has 0 heterocycles. The van der Waals surface area contributed by atoms with E-state index in [1.165, 1.54) is 12.1 Å². The highest BCUT2D eigenvalue weighted by Gasteiger charge is 2.23. The molecule has 2 nitrogen and oxygen atoms in total. The summed E-state index contributed by atoms with van der Waals surface area (Å²) in [7, 11) is 0. The van der Waals surface area contributed by atoms with Crippen molar-refractivity contribution in [2.45, 2.75) is 38.8 Å². The number of hydrogen-bond donors (Lipinski definition) is 1. The van der Waals surface area contributed by atoms with Gasteiger partial charge in [-0.05, 0) is 32.9 Å². The van der Waals surface area contributed by atoms with Gasteiger partial charge in [0, 0.05) is 18.5 Å². The summed E-state index contributed by atoms with van der Waals surface area (Å²) in [5, 5.41) is 0. The van der Waals surface area contributed by atoms with Crippen LogP contribution in [-0.2, 0) is 0 Å². The van der Waals surface area contributed by atoms with E-state index in [2.05, 4.69) is 0 Å². The number of rotatable bonds is 4. The van der Waals surface area contributed by atoms with Gasteiger partial charge >= 0.3 is 0 Å². The minimum Gasteiger partial charge on any atom is -0.485 e. The molecule has 0 radical (unpaired) electrons. The zero-order valence-electron chi connectivity index (χ0n) is 9.76. The number of hydrogen-bond acceptors (Lipinski definition) is 2. The van der Waals surface area contributed by atoms with Crippen LogP contribution in [0.5, 0.6) is 5.75 Å². The van der Waals surface area contributed by atoms with Crippen molar-refractivity contribution in [3.8, 4) is 5.75 Å². The molecule has 90 valence electrons. The summed E-state index contributed by atoms with van der Waals surface area (Å²) in [6, 6.07) is 3.21. The predicted octanol–water partition coefficient (Wildman–Crippen LogP) is 2.86. The molecule has 1 atom stereocenters. The van der Waals surface area contributed by atoms with Gasteiger partial charge in [-0.2, -0.15) is 0 Å². The van der Waals surface area contributed by atoms with Crippen molar-refractivity contribution in [3.05, 3.63) is 29.8 Å². The Morgan fingerprint density at radius 2 is 2.00 bits per heavy atom. The van der Waals surface area contributed by atoms with E-state index in [0.717, 1.165) is 6.07 Å². The third-order valence-corrected chi connectivity index (χ3v) is 2.09. The van der Waals surface area contributed by atoms with Gasteiger partial charge in [0.1, 0.15) is 11.4 Å². The second-order valence-electron chi connectivity index (χ2n) is 4.62. The van der Waals surface area contributed by atoms with E-state index in [4.69, 9.17) is 10.5 Å². The van der Waals surface area contributed by atoms with Gasteiger partial charge < -0.3 is 10.5 Å².